The molecule has 104 valence electrons. The molecule has 0 aromatic carbocycles. The molecular formula is C11H24O6. The highest BCUT2D eigenvalue weighted by atomic mass is 16.7. The fraction of sp³-hybridized carbons (Fsp3) is 1.00. The van der Waals surface area contributed by atoms with E-state index in [-0.39, 0.29) is 0 Å². The molecule has 5 atom stereocenters. The fourth-order valence-corrected chi connectivity index (χ4v) is 1.44. The zero-order chi connectivity index (χ0) is 13.4. The van der Waals surface area contributed by atoms with Gasteiger partial charge in [-0.3, -0.25) is 0 Å². The number of hydrogen-bond acceptors (Lipinski definition) is 6. The maximum atomic E-state index is 9.51. The predicted molar refractivity (Wildman–Crippen MR) is 61.4 cm³/mol. The van der Waals surface area contributed by atoms with Crippen molar-refractivity contribution in [1.29, 1.82) is 0 Å². The molecule has 0 amide bonds. The Morgan fingerprint density at radius 1 is 1.06 bits per heavy atom. The standard InChI is InChI=1S/C9H18O6.C2H6/c1-2-3-14-9-8(13)7(12)6(11)5(4-10)15-9;1-2/h5-13H,2-4H2,1H3;1-2H3/t5?,6-,7?,8?,9+;/m1./s1. The molecule has 0 radical (unpaired) electrons. The molecule has 0 aromatic heterocycles. The Kier molecular flexibility index (Phi) is 8.67. The van der Waals surface area contributed by atoms with E-state index in [1.807, 2.05) is 20.8 Å². The van der Waals surface area contributed by atoms with E-state index in [1.54, 1.807) is 0 Å². The lowest BCUT2D eigenvalue weighted by Gasteiger charge is -2.39. The first-order valence-electron chi connectivity index (χ1n) is 6.04. The maximum Gasteiger partial charge on any atom is 0.186 e. The molecule has 0 bridgehead atoms. The second-order valence-electron chi connectivity index (χ2n) is 3.57. The molecule has 1 aliphatic heterocycles. The second-order valence-corrected chi connectivity index (χ2v) is 3.57. The third-order valence-electron chi connectivity index (χ3n) is 2.33. The zero-order valence-electron chi connectivity index (χ0n) is 10.6. The molecule has 1 fully saturated rings. The lowest BCUT2D eigenvalue weighted by molar-refractivity contribution is -0.300. The Hall–Kier alpha value is -0.240. The molecule has 17 heavy (non-hydrogen) atoms. The van der Waals surface area contributed by atoms with Crippen LogP contribution >= 0.6 is 0 Å². The quantitative estimate of drug-likeness (QED) is 0.525. The van der Waals surface area contributed by atoms with Crippen molar-refractivity contribution < 1.29 is 29.9 Å². The minimum Gasteiger partial charge on any atom is -0.394 e. The first-order valence-corrected chi connectivity index (χ1v) is 6.04. The normalized spacial score (nSPS) is 37.2. The van der Waals surface area contributed by atoms with Gasteiger partial charge < -0.3 is 29.9 Å². The van der Waals surface area contributed by atoms with Crippen molar-refractivity contribution in [2.24, 2.45) is 0 Å². The van der Waals surface area contributed by atoms with E-state index in [4.69, 9.17) is 14.6 Å². The van der Waals surface area contributed by atoms with Gasteiger partial charge in [0, 0.05) is 6.61 Å². The molecule has 1 aliphatic rings. The van der Waals surface area contributed by atoms with Gasteiger partial charge in [-0.2, -0.15) is 0 Å². The summed E-state index contributed by atoms with van der Waals surface area (Å²) in [6, 6.07) is 0. The van der Waals surface area contributed by atoms with Gasteiger partial charge in [0.15, 0.2) is 6.29 Å². The topological polar surface area (TPSA) is 99.4 Å². The first-order chi connectivity index (χ1) is 8.11. The summed E-state index contributed by atoms with van der Waals surface area (Å²) in [5.74, 6) is 0. The van der Waals surface area contributed by atoms with Crippen LogP contribution < -0.4 is 0 Å². The van der Waals surface area contributed by atoms with Gasteiger partial charge in [-0.1, -0.05) is 20.8 Å². The van der Waals surface area contributed by atoms with Gasteiger partial charge in [-0.25, -0.2) is 0 Å². The highest BCUT2D eigenvalue weighted by Crippen LogP contribution is 2.21. The van der Waals surface area contributed by atoms with Crippen molar-refractivity contribution in [3.63, 3.8) is 0 Å². The molecule has 1 heterocycles. The van der Waals surface area contributed by atoms with Crippen LogP contribution in [0.25, 0.3) is 0 Å². The Morgan fingerprint density at radius 3 is 2.12 bits per heavy atom. The third-order valence-corrected chi connectivity index (χ3v) is 2.33. The highest BCUT2D eigenvalue weighted by Gasteiger charge is 2.43. The zero-order valence-corrected chi connectivity index (χ0v) is 10.6. The van der Waals surface area contributed by atoms with E-state index in [1.165, 1.54) is 0 Å². The average Bonchev–Trinajstić information content (AvgIpc) is 2.38. The summed E-state index contributed by atoms with van der Waals surface area (Å²) in [5, 5.41) is 37.2. The van der Waals surface area contributed by atoms with Gasteiger partial charge in [0.1, 0.15) is 24.4 Å². The first kappa shape index (κ1) is 16.8. The Balaban J connectivity index is 0.00000121. The van der Waals surface area contributed by atoms with Gasteiger partial charge in [0.05, 0.1) is 6.61 Å². The summed E-state index contributed by atoms with van der Waals surface area (Å²) < 4.78 is 10.2. The van der Waals surface area contributed by atoms with Crippen molar-refractivity contribution in [3.05, 3.63) is 0 Å². The Morgan fingerprint density at radius 2 is 1.65 bits per heavy atom. The Labute approximate surface area is 102 Å². The van der Waals surface area contributed by atoms with E-state index < -0.39 is 37.3 Å². The molecular weight excluding hydrogens is 228 g/mol. The molecule has 3 unspecified atom stereocenters. The second kappa shape index (κ2) is 8.79. The smallest absolute Gasteiger partial charge is 0.186 e. The van der Waals surface area contributed by atoms with Crippen LogP contribution in [0.15, 0.2) is 0 Å². The third kappa shape index (κ3) is 4.50. The molecule has 6 nitrogen and oxygen atoms in total. The molecule has 0 aromatic rings. The summed E-state index contributed by atoms with van der Waals surface area (Å²) in [7, 11) is 0. The molecule has 1 saturated heterocycles. The molecule has 6 heteroatoms. The minimum absolute atomic E-state index is 0.378. The summed E-state index contributed by atoms with van der Waals surface area (Å²) in [6.45, 7) is 5.84. The van der Waals surface area contributed by atoms with Crippen LogP contribution in [-0.2, 0) is 9.47 Å². The molecule has 0 aliphatic carbocycles. The maximum absolute atomic E-state index is 9.51. The van der Waals surface area contributed by atoms with E-state index in [0.717, 1.165) is 6.42 Å². The largest absolute Gasteiger partial charge is 0.394 e. The van der Waals surface area contributed by atoms with Crippen LogP contribution in [0.3, 0.4) is 0 Å². The number of hydrogen-bond donors (Lipinski definition) is 4. The van der Waals surface area contributed by atoms with Gasteiger partial charge in [0.2, 0.25) is 0 Å². The van der Waals surface area contributed by atoms with E-state index in [0.29, 0.717) is 6.61 Å². The van der Waals surface area contributed by atoms with Crippen molar-refractivity contribution >= 4 is 0 Å². The molecule has 4 N–H and O–H groups in total. The minimum atomic E-state index is -1.36. The molecule has 0 spiro atoms. The van der Waals surface area contributed by atoms with Crippen molar-refractivity contribution in [3.8, 4) is 0 Å². The summed E-state index contributed by atoms with van der Waals surface area (Å²) >= 11 is 0. The van der Waals surface area contributed by atoms with Crippen LogP contribution in [0.5, 0.6) is 0 Å². The SMILES string of the molecule is CC.CCCO[C@H]1OC(CO)[C@@H](O)C(O)C1O. The highest BCUT2D eigenvalue weighted by molar-refractivity contribution is 4.88. The Bertz CT molecular complexity index is 187. The number of ether oxygens (including phenoxy) is 2. The van der Waals surface area contributed by atoms with Gasteiger partial charge in [-0.05, 0) is 6.42 Å². The number of aliphatic hydroxyl groups excluding tert-OH is 4. The lowest BCUT2D eigenvalue weighted by atomic mass is 9.99. The van der Waals surface area contributed by atoms with Crippen LogP contribution in [0.1, 0.15) is 27.2 Å². The van der Waals surface area contributed by atoms with E-state index >= 15 is 0 Å². The summed E-state index contributed by atoms with van der Waals surface area (Å²) in [5.41, 5.74) is 0. The van der Waals surface area contributed by atoms with E-state index in [2.05, 4.69) is 0 Å². The molecule has 1 rings (SSSR count). The average molecular weight is 252 g/mol. The van der Waals surface area contributed by atoms with Crippen LogP contribution in [-0.4, -0.2) is 64.3 Å². The van der Waals surface area contributed by atoms with Crippen LogP contribution in [0.2, 0.25) is 0 Å². The van der Waals surface area contributed by atoms with Crippen molar-refractivity contribution in [2.75, 3.05) is 13.2 Å². The van der Waals surface area contributed by atoms with E-state index in [9.17, 15) is 15.3 Å². The fourth-order valence-electron chi connectivity index (χ4n) is 1.44. The van der Waals surface area contributed by atoms with Crippen molar-refractivity contribution in [2.45, 2.75) is 57.9 Å². The van der Waals surface area contributed by atoms with Gasteiger partial charge >= 0.3 is 0 Å². The lowest BCUT2D eigenvalue weighted by Crippen LogP contribution is -2.59. The summed E-state index contributed by atoms with van der Waals surface area (Å²) in [4.78, 5) is 0. The van der Waals surface area contributed by atoms with Gasteiger partial charge in [0.25, 0.3) is 0 Å². The predicted octanol–water partition coefficient (Wildman–Crippen LogP) is -0.761. The summed E-state index contributed by atoms with van der Waals surface area (Å²) in [6.07, 6.45) is -5.14. The van der Waals surface area contributed by atoms with Crippen LogP contribution in [0.4, 0.5) is 0 Å². The molecule has 0 saturated carbocycles. The van der Waals surface area contributed by atoms with Crippen LogP contribution in [0, 0.1) is 0 Å². The number of aliphatic hydroxyl groups is 4. The number of rotatable bonds is 4. The van der Waals surface area contributed by atoms with Gasteiger partial charge in [-0.15, -0.1) is 0 Å². The monoisotopic (exact) mass is 252 g/mol. The van der Waals surface area contributed by atoms with Crippen molar-refractivity contribution in [1.82, 2.24) is 0 Å².